The van der Waals surface area contributed by atoms with Crippen LogP contribution < -0.4 is 10.6 Å². The highest BCUT2D eigenvalue weighted by atomic mass is 35.5. The fourth-order valence-corrected chi connectivity index (χ4v) is 5.27. The van der Waals surface area contributed by atoms with Crippen molar-refractivity contribution in [3.8, 4) is 0 Å². The minimum Gasteiger partial charge on any atom is -0.336 e. The third kappa shape index (κ3) is 4.49. The van der Waals surface area contributed by atoms with E-state index >= 15 is 0 Å². The van der Waals surface area contributed by atoms with Gasteiger partial charge in [-0.15, -0.1) is 11.3 Å². The summed E-state index contributed by atoms with van der Waals surface area (Å²) in [6, 6.07) is 7.58. The van der Waals surface area contributed by atoms with Crippen LogP contribution in [-0.2, 0) is 27.2 Å². The van der Waals surface area contributed by atoms with E-state index < -0.39 is 17.9 Å². The van der Waals surface area contributed by atoms with E-state index in [4.69, 9.17) is 11.6 Å². The summed E-state index contributed by atoms with van der Waals surface area (Å²) in [6.07, 6.45) is 3.31. The number of anilines is 1. The molecule has 1 aromatic carbocycles. The van der Waals surface area contributed by atoms with E-state index in [0.717, 1.165) is 42.8 Å². The molecule has 2 heterocycles. The number of ketones is 2. The number of benzene rings is 1. The summed E-state index contributed by atoms with van der Waals surface area (Å²) in [4.78, 5) is 53.9. The Morgan fingerprint density at radius 1 is 1.06 bits per heavy atom. The third-order valence-electron chi connectivity index (χ3n) is 6.36. The molecule has 2 amide bonds. The fraction of sp³-hybridized carbons (Fsp3) is 0.280. The van der Waals surface area contributed by atoms with Crippen molar-refractivity contribution in [3.05, 3.63) is 73.5 Å². The molecule has 1 aliphatic heterocycles. The average Bonchev–Trinajstić information content (AvgIpc) is 3.55. The van der Waals surface area contributed by atoms with Crippen LogP contribution in [0.5, 0.6) is 0 Å². The van der Waals surface area contributed by atoms with E-state index in [9.17, 15) is 19.2 Å². The highest BCUT2D eigenvalue weighted by molar-refractivity contribution is 7.18. The molecule has 2 aliphatic carbocycles. The molecule has 1 atom stereocenters. The van der Waals surface area contributed by atoms with E-state index in [2.05, 4.69) is 22.6 Å². The predicted octanol–water partition coefficient (Wildman–Crippen LogP) is 2.95. The zero-order valence-corrected chi connectivity index (χ0v) is 20.0. The first-order valence-electron chi connectivity index (χ1n) is 11.0. The smallest absolute Gasteiger partial charge is 0.262 e. The van der Waals surface area contributed by atoms with E-state index in [1.54, 1.807) is 12.1 Å². The van der Waals surface area contributed by atoms with Gasteiger partial charge in [-0.1, -0.05) is 17.7 Å². The van der Waals surface area contributed by atoms with Crippen LogP contribution in [0.15, 0.2) is 53.1 Å². The molecule has 2 aromatic rings. The standard InChI is InChI=1S/C25H22ClN3O4S/c1-29-8-6-13-2-3-15(10-14(13)7-9-29)27-25(33)22(28-24(32)20-4-5-21(26)34-20)18-12-19(30)16-11-17(16)23(18)31/h2-5,10,12,22H,6-9,11H2,1H3,(H,27,33)(H,28,32). The van der Waals surface area contributed by atoms with Crippen molar-refractivity contribution in [2.24, 2.45) is 0 Å². The van der Waals surface area contributed by atoms with Crippen LogP contribution in [0.4, 0.5) is 5.69 Å². The number of Topliss-reactive ketones (excluding diaryl/α,β-unsaturated/α-hetero) is 1. The molecule has 3 aliphatic rings. The third-order valence-corrected chi connectivity index (χ3v) is 7.59. The van der Waals surface area contributed by atoms with Crippen molar-refractivity contribution < 1.29 is 19.2 Å². The van der Waals surface area contributed by atoms with Crippen LogP contribution in [-0.4, -0.2) is 54.5 Å². The molecule has 2 N–H and O–H groups in total. The summed E-state index contributed by atoms with van der Waals surface area (Å²) in [5, 5.41) is 5.47. The number of halogens is 1. The maximum Gasteiger partial charge on any atom is 0.262 e. The number of hydrogen-bond acceptors (Lipinski definition) is 6. The minimum atomic E-state index is -1.32. The topological polar surface area (TPSA) is 95.6 Å². The van der Waals surface area contributed by atoms with Gasteiger partial charge >= 0.3 is 0 Å². The van der Waals surface area contributed by atoms with Crippen molar-refractivity contribution in [1.82, 2.24) is 10.2 Å². The predicted molar refractivity (Wildman–Crippen MR) is 130 cm³/mol. The van der Waals surface area contributed by atoms with Crippen molar-refractivity contribution >= 4 is 52.0 Å². The van der Waals surface area contributed by atoms with Crippen LogP contribution in [0.3, 0.4) is 0 Å². The molecule has 9 heteroatoms. The molecular formula is C25H22ClN3O4S. The number of carbonyl (C=O) groups is 4. The van der Waals surface area contributed by atoms with Gasteiger partial charge in [0.2, 0.25) is 0 Å². The first kappa shape index (κ1) is 22.7. The molecule has 34 heavy (non-hydrogen) atoms. The Hall–Kier alpha value is -3.07. The normalized spacial score (nSPS) is 18.5. The molecule has 5 rings (SSSR count). The molecule has 0 fully saturated rings. The number of fused-ring (bicyclic) bond motifs is 1. The second kappa shape index (κ2) is 8.94. The van der Waals surface area contributed by atoms with Gasteiger partial charge in [0.15, 0.2) is 11.6 Å². The summed E-state index contributed by atoms with van der Waals surface area (Å²) in [5.41, 5.74) is 3.86. The maximum atomic E-state index is 13.4. The number of hydrogen-bond donors (Lipinski definition) is 2. The van der Waals surface area contributed by atoms with Crippen molar-refractivity contribution in [1.29, 1.82) is 0 Å². The zero-order chi connectivity index (χ0) is 24.0. The average molecular weight is 496 g/mol. The number of amides is 2. The molecule has 174 valence electrons. The van der Waals surface area contributed by atoms with Gasteiger partial charge in [0.25, 0.3) is 11.8 Å². The Labute approximate surface area is 205 Å². The fourth-order valence-electron chi connectivity index (χ4n) is 4.32. The molecule has 0 saturated heterocycles. The lowest BCUT2D eigenvalue weighted by atomic mass is 9.95. The first-order valence-corrected chi connectivity index (χ1v) is 12.2. The molecule has 1 aromatic heterocycles. The van der Waals surface area contributed by atoms with Gasteiger partial charge in [0.1, 0.15) is 6.04 Å². The minimum absolute atomic E-state index is 0.0221. The number of rotatable bonds is 5. The molecule has 0 bridgehead atoms. The summed E-state index contributed by atoms with van der Waals surface area (Å²) in [6.45, 7) is 1.90. The van der Waals surface area contributed by atoms with Crippen molar-refractivity contribution in [3.63, 3.8) is 0 Å². The SMILES string of the molecule is CN1CCc2ccc(NC(=O)C(NC(=O)c3ccc(Cl)s3)C3=CC(=O)C4=C(C4)C3=O)cc2CC1. The van der Waals surface area contributed by atoms with Gasteiger partial charge in [-0.05, 0) is 61.4 Å². The Balaban J connectivity index is 1.41. The van der Waals surface area contributed by atoms with Gasteiger partial charge in [0.05, 0.1) is 9.21 Å². The molecule has 0 saturated carbocycles. The monoisotopic (exact) mass is 495 g/mol. The Kier molecular flexibility index (Phi) is 5.97. The van der Waals surface area contributed by atoms with E-state index in [-0.39, 0.29) is 17.1 Å². The van der Waals surface area contributed by atoms with Crippen LogP contribution >= 0.6 is 22.9 Å². The second-order valence-electron chi connectivity index (χ2n) is 8.71. The quantitative estimate of drug-likeness (QED) is 0.622. The Morgan fingerprint density at radius 3 is 2.56 bits per heavy atom. The largest absolute Gasteiger partial charge is 0.336 e. The highest BCUT2D eigenvalue weighted by Crippen LogP contribution is 2.39. The van der Waals surface area contributed by atoms with Crippen LogP contribution in [0.25, 0.3) is 0 Å². The van der Waals surface area contributed by atoms with Gasteiger partial charge in [0, 0.05) is 41.9 Å². The van der Waals surface area contributed by atoms with Gasteiger partial charge in [-0.3, -0.25) is 19.2 Å². The van der Waals surface area contributed by atoms with Gasteiger partial charge in [-0.25, -0.2) is 0 Å². The summed E-state index contributed by atoms with van der Waals surface area (Å²) in [5.74, 6) is -1.79. The highest BCUT2D eigenvalue weighted by Gasteiger charge is 2.42. The second-order valence-corrected chi connectivity index (χ2v) is 10.4. The number of likely N-dealkylation sites (N-methyl/N-ethyl adjacent to an activating group) is 1. The van der Waals surface area contributed by atoms with E-state index in [1.165, 1.54) is 11.6 Å². The summed E-state index contributed by atoms with van der Waals surface area (Å²) in [7, 11) is 2.08. The zero-order valence-electron chi connectivity index (χ0n) is 18.4. The Morgan fingerprint density at radius 2 is 1.82 bits per heavy atom. The number of nitrogens with one attached hydrogen (secondary N) is 2. The first-order chi connectivity index (χ1) is 16.3. The lowest BCUT2D eigenvalue weighted by molar-refractivity contribution is -0.119. The molecule has 0 radical (unpaired) electrons. The Bertz CT molecular complexity index is 1310. The summed E-state index contributed by atoms with van der Waals surface area (Å²) >= 11 is 7.01. The number of allylic oxidation sites excluding steroid dienone is 3. The lowest BCUT2D eigenvalue weighted by Gasteiger charge is -2.21. The van der Waals surface area contributed by atoms with E-state index in [0.29, 0.717) is 32.5 Å². The van der Waals surface area contributed by atoms with Gasteiger partial charge < -0.3 is 15.5 Å². The van der Waals surface area contributed by atoms with Crippen LogP contribution in [0.1, 0.15) is 27.2 Å². The molecular weight excluding hydrogens is 474 g/mol. The number of thiophene rings is 1. The molecule has 7 nitrogen and oxygen atoms in total. The van der Waals surface area contributed by atoms with Gasteiger partial charge in [-0.2, -0.15) is 0 Å². The van der Waals surface area contributed by atoms with Crippen molar-refractivity contribution in [2.75, 3.05) is 25.5 Å². The summed E-state index contributed by atoms with van der Waals surface area (Å²) < 4.78 is 0.428. The van der Waals surface area contributed by atoms with Crippen molar-refractivity contribution in [2.45, 2.75) is 25.3 Å². The number of nitrogens with zero attached hydrogens (tertiary/aromatic N) is 1. The molecule has 1 unspecified atom stereocenters. The van der Waals surface area contributed by atoms with E-state index in [1.807, 2.05) is 18.2 Å². The number of carbonyl (C=O) groups excluding carboxylic acids is 4. The lowest BCUT2D eigenvalue weighted by Crippen LogP contribution is -2.47. The van der Waals surface area contributed by atoms with Crippen LogP contribution in [0, 0.1) is 0 Å². The molecule has 0 spiro atoms. The van der Waals surface area contributed by atoms with Crippen LogP contribution in [0.2, 0.25) is 4.34 Å². The maximum absolute atomic E-state index is 13.4.